The van der Waals surface area contributed by atoms with Crippen LogP contribution in [0.2, 0.25) is 5.02 Å². The Hall–Kier alpha value is -3.31. The molecule has 0 amide bonds. The number of dihydropyridines is 1. The fourth-order valence-corrected chi connectivity index (χ4v) is 5.76. The van der Waals surface area contributed by atoms with Crippen LogP contribution in [-0.2, 0) is 22.6 Å². The molecule has 37 heavy (non-hydrogen) atoms. The summed E-state index contributed by atoms with van der Waals surface area (Å²) >= 11 is 6.04. The number of hydrogen-bond donors (Lipinski definition) is 1. The molecule has 0 bridgehead atoms. The summed E-state index contributed by atoms with van der Waals surface area (Å²) in [6, 6.07) is 11.6. The van der Waals surface area contributed by atoms with Crippen molar-refractivity contribution in [3.8, 4) is 11.5 Å². The van der Waals surface area contributed by atoms with Gasteiger partial charge in [-0.2, -0.15) is 0 Å². The van der Waals surface area contributed by atoms with Gasteiger partial charge in [0.2, 0.25) is 0 Å². The monoisotopic (exact) mass is 517 g/mol. The maximum Gasteiger partial charge on any atom is 0.165 e. The van der Waals surface area contributed by atoms with E-state index in [1.165, 1.54) is 0 Å². The first-order valence-corrected chi connectivity index (χ1v) is 13.4. The topological polar surface area (TPSA) is 64.6 Å². The van der Waals surface area contributed by atoms with Gasteiger partial charge in [0, 0.05) is 51.9 Å². The molecular formula is C31H32ClNO4. The number of carbonyl (C=O) groups is 2. The third-order valence-corrected chi connectivity index (χ3v) is 7.49. The average Bonchev–Trinajstić information content (AvgIpc) is 2.88. The minimum absolute atomic E-state index is 0.120. The Labute approximate surface area is 223 Å². The van der Waals surface area contributed by atoms with Gasteiger partial charge >= 0.3 is 0 Å². The van der Waals surface area contributed by atoms with Gasteiger partial charge in [-0.25, -0.2) is 0 Å². The molecule has 1 N–H and O–H groups in total. The molecule has 0 atom stereocenters. The SMILES string of the molecule is C=CCc1cc(C2C3=C(CCCC3=O)NC3=C2C(=O)CCC3)cc(OCC)c1OCc1ccc(Cl)cc1. The summed E-state index contributed by atoms with van der Waals surface area (Å²) in [6.45, 7) is 6.70. The lowest BCUT2D eigenvalue weighted by atomic mass is 9.71. The van der Waals surface area contributed by atoms with Gasteiger partial charge in [0.1, 0.15) is 6.61 Å². The van der Waals surface area contributed by atoms with E-state index in [0.29, 0.717) is 49.0 Å². The third kappa shape index (κ3) is 5.10. The molecule has 0 radical (unpaired) electrons. The highest BCUT2D eigenvalue weighted by Gasteiger charge is 2.40. The van der Waals surface area contributed by atoms with Crippen molar-refractivity contribution in [1.82, 2.24) is 5.32 Å². The third-order valence-electron chi connectivity index (χ3n) is 7.24. The van der Waals surface area contributed by atoms with Gasteiger partial charge in [0.05, 0.1) is 6.61 Å². The quantitative estimate of drug-likeness (QED) is 0.392. The second-order valence-corrected chi connectivity index (χ2v) is 10.2. The van der Waals surface area contributed by atoms with Crippen molar-refractivity contribution in [2.24, 2.45) is 0 Å². The molecule has 1 aliphatic heterocycles. The highest BCUT2D eigenvalue weighted by molar-refractivity contribution is 6.30. The van der Waals surface area contributed by atoms with E-state index in [-0.39, 0.29) is 17.5 Å². The number of nitrogens with one attached hydrogen (secondary N) is 1. The van der Waals surface area contributed by atoms with E-state index >= 15 is 0 Å². The van der Waals surface area contributed by atoms with Crippen molar-refractivity contribution in [3.05, 3.63) is 93.3 Å². The highest BCUT2D eigenvalue weighted by atomic mass is 35.5. The number of rotatable bonds is 8. The summed E-state index contributed by atoms with van der Waals surface area (Å²) < 4.78 is 12.4. The number of carbonyl (C=O) groups excluding carboxylic acids is 2. The van der Waals surface area contributed by atoms with Crippen molar-refractivity contribution in [1.29, 1.82) is 0 Å². The summed E-state index contributed by atoms with van der Waals surface area (Å²) in [6.07, 6.45) is 6.72. The van der Waals surface area contributed by atoms with Crippen LogP contribution in [0.1, 0.15) is 68.1 Å². The van der Waals surface area contributed by atoms with E-state index in [9.17, 15) is 9.59 Å². The Kier molecular flexibility index (Phi) is 7.52. The number of halogens is 1. The zero-order valence-corrected chi connectivity index (χ0v) is 22.0. The summed E-state index contributed by atoms with van der Waals surface area (Å²) in [5, 5.41) is 4.16. The average molecular weight is 518 g/mol. The summed E-state index contributed by atoms with van der Waals surface area (Å²) in [4.78, 5) is 26.5. The first-order valence-electron chi connectivity index (χ1n) is 13.1. The standard InChI is InChI=1S/C31H32ClNO4/c1-3-7-20-16-21(17-27(36-4-2)31(20)37-18-19-12-14-22(32)15-13-19)28-29-23(8-5-10-25(29)34)33-24-9-6-11-26(35)30(24)28/h3,12-17,28,33H,1,4-11,18H2,2H3. The first-order chi connectivity index (χ1) is 18.0. The first kappa shape index (κ1) is 25.3. The highest BCUT2D eigenvalue weighted by Crippen LogP contribution is 2.47. The molecule has 1 heterocycles. The Morgan fingerprint density at radius 1 is 0.973 bits per heavy atom. The molecule has 3 aliphatic rings. The zero-order chi connectivity index (χ0) is 25.9. The van der Waals surface area contributed by atoms with Gasteiger partial charge < -0.3 is 14.8 Å². The molecule has 2 aromatic carbocycles. The molecule has 0 aromatic heterocycles. The van der Waals surface area contributed by atoms with Gasteiger partial charge in [-0.05, 0) is 68.4 Å². The zero-order valence-electron chi connectivity index (χ0n) is 21.2. The van der Waals surface area contributed by atoms with Gasteiger partial charge in [-0.1, -0.05) is 35.9 Å². The second-order valence-electron chi connectivity index (χ2n) is 9.74. The van der Waals surface area contributed by atoms with E-state index < -0.39 is 0 Å². The van der Waals surface area contributed by atoms with E-state index in [4.69, 9.17) is 21.1 Å². The molecular weight excluding hydrogens is 486 g/mol. The Bertz CT molecular complexity index is 1260. The lowest BCUT2D eigenvalue weighted by Gasteiger charge is -2.37. The molecule has 192 valence electrons. The lowest BCUT2D eigenvalue weighted by molar-refractivity contribution is -0.117. The van der Waals surface area contributed by atoms with Crippen LogP contribution in [0.5, 0.6) is 11.5 Å². The van der Waals surface area contributed by atoms with Gasteiger partial charge in [-0.15, -0.1) is 6.58 Å². The molecule has 5 rings (SSSR count). The van der Waals surface area contributed by atoms with Crippen LogP contribution in [0.15, 0.2) is 71.6 Å². The number of allylic oxidation sites excluding steroid dienone is 5. The van der Waals surface area contributed by atoms with Crippen LogP contribution in [0.3, 0.4) is 0 Å². The predicted octanol–water partition coefficient (Wildman–Crippen LogP) is 6.75. The van der Waals surface area contributed by atoms with Crippen molar-refractivity contribution in [2.75, 3.05) is 6.61 Å². The van der Waals surface area contributed by atoms with E-state index in [1.54, 1.807) is 0 Å². The maximum atomic E-state index is 13.3. The number of hydrogen-bond acceptors (Lipinski definition) is 5. The van der Waals surface area contributed by atoms with E-state index in [1.807, 2.05) is 43.3 Å². The largest absolute Gasteiger partial charge is 0.490 e. The number of ether oxygens (including phenoxy) is 2. The van der Waals surface area contributed by atoms with Crippen molar-refractivity contribution >= 4 is 23.2 Å². The molecule has 2 aromatic rings. The van der Waals surface area contributed by atoms with E-state index in [0.717, 1.165) is 64.9 Å². The summed E-state index contributed by atoms with van der Waals surface area (Å²) in [5.41, 5.74) is 6.22. The Balaban J connectivity index is 1.61. The molecule has 5 nitrogen and oxygen atoms in total. The van der Waals surface area contributed by atoms with Crippen molar-refractivity contribution < 1.29 is 19.1 Å². The molecule has 6 heteroatoms. The van der Waals surface area contributed by atoms with Crippen LogP contribution in [-0.4, -0.2) is 18.2 Å². The normalized spacial score (nSPS) is 17.8. The Morgan fingerprint density at radius 2 is 1.62 bits per heavy atom. The molecule has 2 aliphatic carbocycles. The van der Waals surface area contributed by atoms with Gasteiger partial charge in [-0.3, -0.25) is 9.59 Å². The smallest absolute Gasteiger partial charge is 0.165 e. The fraction of sp³-hybridized carbons (Fsp3) is 0.355. The predicted molar refractivity (Wildman–Crippen MR) is 145 cm³/mol. The van der Waals surface area contributed by atoms with Crippen molar-refractivity contribution in [3.63, 3.8) is 0 Å². The Morgan fingerprint density at radius 3 is 2.22 bits per heavy atom. The van der Waals surface area contributed by atoms with Crippen molar-refractivity contribution in [2.45, 2.75) is 64.4 Å². The molecule has 0 saturated heterocycles. The number of benzene rings is 2. The van der Waals surface area contributed by atoms with Crippen LogP contribution in [0.4, 0.5) is 0 Å². The van der Waals surface area contributed by atoms with Crippen LogP contribution in [0, 0.1) is 0 Å². The van der Waals surface area contributed by atoms with Crippen LogP contribution in [0.25, 0.3) is 0 Å². The molecule has 0 spiro atoms. The fourth-order valence-electron chi connectivity index (χ4n) is 5.64. The minimum atomic E-state index is -0.389. The minimum Gasteiger partial charge on any atom is -0.490 e. The molecule has 0 fully saturated rings. The number of ketones is 2. The molecule has 0 unspecified atom stereocenters. The maximum absolute atomic E-state index is 13.3. The summed E-state index contributed by atoms with van der Waals surface area (Å²) in [7, 11) is 0. The van der Waals surface area contributed by atoms with E-state index in [2.05, 4.69) is 18.0 Å². The summed E-state index contributed by atoms with van der Waals surface area (Å²) in [5.74, 6) is 1.12. The van der Waals surface area contributed by atoms with Gasteiger partial charge in [0.25, 0.3) is 0 Å². The van der Waals surface area contributed by atoms with Crippen LogP contribution < -0.4 is 14.8 Å². The lowest BCUT2D eigenvalue weighted by Crippen LogP contribution is -2.36. The second kappa shape index (κ2) is 11.0. The molecule has 0 saturated carbocycles. The number of Topliss-reactive ketones (excluding diaryl/α,β-unsaturated/α-hetero) is 2. The van der Waals surface area contributed by atoms with Crippen LogP contribution >= 0.6 is 11.6 Å². The van der Waals surface area contributed by atoms with Gasteiger partial charge in [0.15, 0.2) is 23.1 Å².